The predicted octanol–water partition coefficient (Wildman–Crippen LogP) is 4.09. The van der Waals surface area contributed by atoms with Crippen molar-refractivity contribution in [1.29, 1.82) is 0 Å². The average molecular weight is 302 g/mol. The second-order valence-electron chi connectivity index (χ2n) is 4.36. The van der Waals surface area contributed by atoms with Gasteiger partial charge in [0.05, 0.1) is 0 Å². The highest BCUT2D eigenvalue weighted by Crippen LogP contribution is 2.32. The van der Waals surface area contributed by atoms with E-state index in [1.165, 1.54) is 10.5 Å². The molecule has 0 fully saturated rings. The van der Waals surface area contributed by atoms with Gasteiger partial charge in [0.15, 0.2) is 0 Å². The molecule has 16 heavy (non-hydrogen) atoms. The summed E-state index contributed by atoms with van der Waals surface area (Å²) in [5, 5.41) is 0.630. The molecule has 1 aromatic carbocycles. The molecule has 0 aliphatic heterocycles. The summed E-state index contributed by atoms with van der Waals surface area (Å²) in [6, 6.07) is 6.47. The second-order valence-corrected chi connectivity index (χ2v) is 6.69. The molecular weight excluding hydrogens is 282 g/mol. The first-order chi connectivity index (χ1) is 7.54. The van der Waals surface area contributed by atoms with Crippen molar-refractivity contribution in [1.82, 2.24) is 0 Å². The Morgan fingerprint density at radius 2 is 2.00 bits per heavy atom. The molecule has 0 heterocycles. The monoisotopic (exact) mass is 301 g/mol. The SMILES string of the molecule is CC(C)C(C)Sc1cc(Br)ccc1CCN. The third kappa shape index (κ3) is 4.11. The third-order valence-corrected chi connectivity index (χ3v) is 4.74. The molecule has 1 aromatic rings. The maximum atomic E-state index is 5.64. The van der Waals surface area contributed by atoms with Crippen molar-refractivity contribution in [3.05, 3.63) is 28.2 Å². The molecule has 0 saturated heterocycles. The fraction of sp³-hybridized carbons (Fsp3) is 0.538. The van der Waals surface area contributed by atoms with E-state index in [1.54, 1.807) is 0 Å². The lowest BCUT2D eigenvalue weighted by molar-refractivity contribution is 0.642. The molecule has 0 amide bonds. The van der Waals surface area contributed by atoms with Crippen LogP contribution in [-0.2, 0) is 6.42 Å². The smallest absolute Gasteiger partial charge is 0.0186 e. The van der Waals surface area contributed by atoms with Crippen LogP contribution in [0.4, 0.5) is 0 Å². The van der Waals surface area contributed by atoms with Crippen LogP contribution in [0.2, 0.25) is 0 Å². The van der Waals surface area contributed by atoms with E-state index in [-0.39, 0.29) is 0 Å². The second kappa shape index (κ2) is 6.67. The van der Waals surface area contributed by atoms with Gasteiger partial charge in [-0.05, 0) is 36.6 Å². The summed E-state index contributed by atoms with van der Waals surface area (Å²) in [6.07, 6.45) is 0.959. The Morgan fingerprint density at radius 3 is 2.56 bits per heavy atom. The maximum Gasteiger partial charge on any atom is 0.0186 e. The summed E-state index contributed by atoms with van der Waals surface area (Å²) in [7, 11) is 0. The van der Waals surface area contributed by atoms with Gasteiger partial charge in [0.25, 0.3) is 0 Å². The Morgan fingerprint density at radius 1 is 1.31 bits per heavy atom. The van der Waals surface area contributed by atoms with E-state index in [2.05, 4.69) is 54.9 Å². The Balaban J connectivity index is 2.87. The molecule has 1 atom stereocenters. The standard InChI is InChI=1S/C13H20BrNS/c1-9(2)10(3)16-13-8-12(14)5-4-11(13)6-7-15/h4-5,8-10H,6-7,15H2,1-3H3. The molecule has 0 aromatic heterocycles. The van der Waals surface area contributed by atoms with Crippen LogP contribution in [0.15, 0.2) is 27.6 Å². The molecule has 0 saturated carbocycles. The Hall–Kier alpha value is 0.01000. The van der Waals surface area contributed by atoms with E-state index >= 15 is 0 Å². The van der Waals surface area contributed by atoms with Crippen LogP contribution in [-0.4, -0.2) is 11.8 Å². The lowest BCUT2D eigenvalue weighted by Crippen LogP contribution is -2.08. The van der Waals surface area contributed by atoms with Crippen molar-refractivity contribution in [2.45, 2.75) is 37.3 Å². The molecule has 0 aliphatic rings. The first kappa shape index (κ1) is 14.1. The number of hydrogen-bond acceptors (Lipinski definition) is 2. The molecule has 2 N–H and O–H groups in total. The van der Waals surface area contributed by atoms with Crippen LogP contribution in [0.3, 0.4) is 0 Å². The molecule has 0 radical (unpaired) electrons. The molecule has 0 aliphatic carbocycles. The summed E-state index contributed by atoms with van der Waals surface area (Å²) in [5.41, 5.74) is 7.00. The number of hydrogen-bond donors (Lipinski definition) is 1. The minimum atomic E-state index is 0.630. The van der Waals surface area contributed by atoms with Gasteiger partial charge in [0, 0.05) is 14.6 Å². The van der Waals surface area contributed by atoms with Crippen molar-refractivity contribution >= 4 is 27.7 Å². The van der Waals surface area contributed by atoms with Crippen molar-refractivity contribution in [2.75, 3.05) is 6.54 Å². The molecule has 0 spiro atoms. The summed E-state index contributed by atoms with van der Waals surface area (Å²) < 4.78 is 1.15. The van der Waals surface area contributed by atoms with Gasteiger partial charge >= 0.3 is 0 Å². The van der Waals surface area contributed by atoms with E-state index < -0.39 is 0 Å². The lowest BCUT2D eigenvalue weighted by atomic mass is 10.1. The third-order valence-electron chi connectivity index (χ3n) is 2.69. The van der Waals surface area contributed by atoms with E-state index in [4.69, 9.17) is 5.73 Å². The highest BCUT2D eigenvalue weighted by Gasteiger charge is 2.11. The van der Waals surface area contributed by atoms with Crippen LogP contribution in [0.5, 0.6) is 0 Å². The van der Waals surface area contributed by atoms with Gasteiger partial charge < -0.3 is 5.73 Å². The van der Waals surface area contributed by atoms with Gasteiger partial charge in [-0.25, -0.2) is 0 Å². The zero-order valence-electron chi connectivity index (χ0n) is 10.2. The van der Waals surface area contributed by atoms with E-state index in [0.717, 1.165) is 10.9 Å². The van der Waals surface area contributed by atoms with E-state index in [1.807, 2.05) is 11.8 Å². The van der Waals surface area contributed by atoms with Gasteiger partial charge in [-0.2, -0.15) is 0 Å². The largest absolute Gasteiger partial charge is 0.330 e. The van der Waals surface area contributed by atoms with Crippen molar-refractivity contribution < 1.29 is 0 Å². The molecule has 1 rings (SSSR count). The van der Waals surface area contributed by atoms with Crippen LogP contribution in [0.1, 0.15) is 26.3 Å². The Kier molecular flexibility index (Phi) is 5.87. The molecule has 3 heteroatoms. The number of thioether (sulfide) groups is 1. The minimum absolute atomic E-state index is 0.630. The van der Waals surface area contributed by atoms with Crippen LogP contribution in [0, 0.1) is 5.92 Å². The van der Waals surface area contributed by atoms with Crippen LogP contribution < -0.4 is 5.73 Å². The van der Waals surface area contributed by atoms with E-state index in [9.17, 15) is 0 Å². The van der Waals surface area contributed by atoms with Crippen molar-refractivity contribution in [3.8, 4) is 0 Å². The molecular formula is C13H20BrNS. The molecule has 1 unspecified atom stereocenters. The van der Waals surface area contributed by atoms with E-state index in [0.29, 0.717) is 17.7 Å². The first-order valence-corrected chi connectivity index (χ1v) is 7.37. The van der Waals surface area contributed by atoms with Gasteiger partial charge in [0.2, 0.25) is 0 Å². The number of rotatable bonds is 5. The number of benzene rings is 1. The quantitative estimate of drug-likeness (QED) is 0.829. The van der Waals surface area contributed by atoms with Crippen molar-refractivity contribution in [3.63, 3.8) is 0 Å². The molecule has 1 nitrogen and oxygen atoms in total. The normalized spacial score (nSPS) is 13.1. The number of halogens is 1. The predicted molar refractivity (Wildman–Crippen MR) is 77.1 cm³/mol. The number of nitrogens with two attached hydrogens (primary N) is 1. The fourth-order valence-corrected chi connectivity index (χ4v) is 3.04. The van der Waals surface area contributed by atoms with Gasteiger partial charge in [0.1, 0.15) is 0 Å². The minimum Gasteiger partial charge on any atom is -0.330 e. The maximum absolute atomic E-state index is 5.64. The van der Waals surface area contributed by atoms with Gasteiger partial charge in [-0.15, -0.1) is 11.8 Å². The van der Waals surface area contributed by atoms with Gasteiger partial charge in [-0.3, -0.25) is 0 Å². The van der Waals surface area contributed by atoms with Crippen LogP contribution >= 0.6 is 27.7 Å². The first-order valence-electron chi connectivity index (χ1n) is 5.69. The summed E-state index contributed by atoms with van der Waals surface area (Å²) in [6.45, 7) is 7.52. The molecule has 0 bridgehead atoms. The summed E-state index contributed by atoms with van der Waals surface area (Å²) >= 11 is 5.48. The zero-order chi connectivity index (χ0) is 12.1. The molecule has 90 valence electrons. The summed E-state index contributed by atoms with van der Waals surface area (Å²) in [5.74, 6) is 0.690. The Bertz CT molecular complexity index is 339. The summed E-state index contributed by atoms with van der Waals surface area (Å²) in [4.78, 5) is 1.36. The van der Waals surface area contributed by atoms with Crippen molar-refractivity contribution in [2.24, 2.45) is 11.7 Å². The fourth-order valence-electron chi connectivity index (χ4n) is 1.34. The zero-order valence-corrected chi connectivity index (χ0v) is 12.6. The highest BCUT2D eigenvalue weighted by atomic mass is 79.9. The Labute approximate surface area is 111 Å². The lowest BCUT2D eigenvalue weighted by Gasteiger charge is -2.17. The van der Waals surface area contributed by atoms with Crippen LogP contribution in [0.25, 0.3) is 0 Å². The topological polar surface area (TPSA) is 26.0 Å². The van der Waals surface area contributed by atoms with Gasteiger partial charge in [-0.1, -0.05) is 42.8 Å². The average Bonchev–Trinajstić information content (AvgIpc) is 2.22. The highest BCUT2D eigenvalue weighted by molar-refractivity contribution is 9.10.